The molecule has 5 aliphatic rings. The zero-order chi connectivity index (χ0) is 33.7. The number of nitrogens with one attached hydrogen (secondary N) is 1. The van der Waals surface area contributed by atoms with Crippen molar-refractivity contribution in [2.75, 3.05) is 13.1 Å². The van der Waals surface area contributed by atoms with Crippen molar-refractivity contribution >= 4 is 50.9 Å². The maximum Gasteiger partial charge on any atom is 0.226 e. The van der Waals surface area contributed by atoms with Crippen LogP contribution in [-0.2, 0) is 11.2 Å². The number of aromatic nitrogens is 4. The van der Waals surface area contributed by atoms with Crippen LogP contribution in [0.15, 0.2) is 42.7 Å². The Kier molecular flexibility index (Phi) is 7.28. The first-order chi connectivity index (χ1) is 23.7. The molecule has 0 spiro atoms. The van der Waals surface area contributed by atoms with Crippen molar-refractivity contribution in [3.63, 3.8) is 0 Å². The van der Waals surface area contributed by atoms with Crippen molar-refractivity contribution in [1.82, 2.24) is 29.5 Å². The molecule has 250 valence electrons. The molecule has 3 saturated heterocycles. The van der Waals surface area contributed by atoms with Gasteiger partial charge >= 0.3 is 0 Å². The molecule has 2 saturated carbocycles. The lowest BCUT2D eigenvalue weighted by atomic mass is 9.79. The molecule has 1 N–H and O–H groups in total. The van der Waals surface area contributed by atoms with E-state index < -0.39 is 11.6 Å². The van der Waals surface area contributed by atoms with Crippen LogP contribution in [0.1, 0.15) is 67.2 Å². The number of benzene rings is 2. The Morgan fingerprint density at radius 2 is 2.00 bits per heavy atom. The van der Waals surface area contributed by atoms with Gasteiger partial charge in [0, 0.05) is 64.8 Å². The molecule has 3 aliphatic heterocycles. The molecule has 49 heavy (non-hydrogen) atoms. The molecule has 5 fully saturated rings. The number of halogens is 4. The molecule has 2 aliphatic carbocycles. The number of nitrogens with zero attached hydrogens (tertiary/aromatic N) is 6. The lowest BCUT2D eigenvalue weighted by Gasteiger charge is -2.39. The van der Waals surface area contributed by atoms with Crippen molar-refractivity contribution < 1.29 is 13.6 Å². The topological polar surface area (TPSA) is 91.8 Å². The summed E-state index contributed by atoms with van der Waals surface area (Å²) < 4.78 is 35.2. The fourth-order valence-corrected chi connectivity index (χ4v) is 9.10. The standard InChI is InChI=1S/C37H33Cl2F2N7O/c1-18-25-13-30(29-12-23(47-16-22(40)15-44-47)17-46(29)37(49)19-7-8-19)48(35-21-11-28(35)43-14-21)36(25)26-10-20(4-3-9-42)31(33(41)34(26)45-18)24-5-2-6-27(38)32(24)39/h2,5-6,10,13,15-16,19,21,23,28-29,35,43H,3-4,7-8,11-12,14,17H2,1H3/t21-,23+,28-,29-,35+/m1/s1. The van der Waals surface area contributed by atoms with E-state index in [1.165, 1.54) is 12.4 Å². The Morgan fingerprint density at radius 1 is 1.16 bits per heavy atom. The summed E-state index contributed by atoms with van der Waals surface area (Å²) in [5.41, 5.74) is 4.19. The Morgan fingerprint density at radius 3 is 2.69 bits per heavy atom. The van der Waals surface area contributed by atoms with E-state index >= 15 is 4.39 Å². The third-order valence-electron chi connectivity index (χ3n) is 11.2. The van der Waals surface area contributed by atoms with Crippen molar-refractivity contribution in [2.24, 2.45) is 11.8 Å². The first-order valence-corrected chi connectivity index (χ1v) is 17.7. The van der Waals surface area contributed by atoms with E-state index in [1.54, 1.807) is 22.9 Å². The highest BCUT2D eigenvalue weighted by Gasteiger charge is 2.51. The van der Waals surface area contributed by atoms with Gasteiger partial charge in [-0.05, 0) is 68.7 Å². The second-order valence-electron chi connectivity index (χ2n) is 14.1. The van der Waals surface area contributed by atoms with Crippen LogP contribution < -0.4 is 5.32 Å². The molecule has 5 atom stereocenters. The van der Waals surface area contributed by atoms with Crippen LogP contribution >= 0.6 is 23.2 Å². The maximum atomic E-state index is 17.1. The lowest BCUT2D eigenvalue weighted by molar-refractivity contribution is -0.133. The van der Waals surface area contributed by atoms with Crippen LogP contribution in [0.25, 0.3) is 32.9 Å². The molecule has 1 amide bonds. The number of hydrogen-bond acceptors (Lipinski definition) is 5. The summed E-state index contributed by atoms with van der Waals surface area (Å²) in [6, 6.07) is 11.4. The second-order valence-corrected chi connectivity index (χ2v) is 14.9. The van der Waals surface area contributed by atoms with Gasteiger partial charge in [-0.3, -0.25) is 9.48 Å². The molecule has 2 aromatic carbocycles. The number of rotatable bonds is 7. The summed E-state index contributed by atoms with van der Waals surface area (Å²) in [6.07, 6.45) is 6.49. The van der Waals surface area contributed by atoms with Gasteiger partial charge in [0.15, 0.2) is 11.6 Å². The first-order valence-electron chi connectivity index (χ1n) is 16.9. The summed E-state index contributed by atoms with van der Waals surface area (Å²) >= 11 is 13.1. The van der Waals surface area contributed by atoms with Gasteiger partial charge in [-0.1, -0.05) is 35.3 Å². The normalized spacial score (nSPS) is 24.6. The minimum absolute atomic E-state index is 0.00717. The smallest absolute Gasteiger partial charge is 0.226 e. The van der Waals surface area contributed by atoms with Crippen LogP contribution in [0.4, 0.5) is 8.78 Å². The van der Waals surface area contributed by atoms with Crippen LogP contribution in [0.3, 0.4) is 0 Å². The van der Waals surface area contributed by atoms with Gasteiger partial charge in [0.1, 0.15) is 5.52 Å². The predicted octanol–water partition coefficient (Wildman–Crippen LogP) is 7.86. The Hall–Kier alpha value is -4.04. The molecule has 0 radical (unpaired) electrons. The number of carbonyl (C=O) groups excluding carboxylic acids is 1. The van der Waals surface area contributed by atoms with E-state index in [2.05, 4.69) is 27.1 Å². The molecular formula is C37H33Cl2F2N7O. The van der Waals surface area contributed by atoms with Gasteiger partial charge in [-0.25, -0.2) is 13.8 Å². The van der Waals surface area contributed by atoms with Gasteiger partial charge < -0.3 is 14.8 Å². The van der Waals surface area contributed by atoms with Gasteiger partial charge in [0.05, 0.1) is 52.2 Å². The highest BCUT2D eigenvalue weighted by molar-refractivity contribution is 6.43. The van der Waals surface area contributed by atoms with Crippen LogP contribution in [0, 0.1) is 41.7 Å². The van der Waals surface area contributed by atoms with E-state index in [0.29, 0.717) is 58.1 Å². The third kappa shape index (κ3) is 4.80. The van der Waals surface area contributed by atoms with E-state index in [4.69, 9.17) is 28.2 Å². The zero-order valence-electron chi connectivity index (χ0n) is 26.8. The number of amides is 1. The molecular weight excluding hydrogens is 667 g/mol. The van der Waals surface area contributed by atoms with Gasteiger partial charge in [-0.15, -0.1) is 0 Å². The molecule has 10 rings (SSSR count). The van der Waals surface area contributed by atoms with Crippen LogP contribution in [0.2, 0.25) is 10.0 Å². The number of aryl methyl sites for hydroxylation is 2. The number of likely N-dealkylation sites (tertiary alicyclic amines) is 1. The fourth-order valence-electron chi connectivity index (χ4n) is 8.71. The summed E-state index contributed by atoms with van der Waals surface area (Å²) in [7, 11) is 0. The largest absolute Gasteiger partial charge is 0.337 e. The second kappa shape index (κ2) is 11.5. The van der Waals surface area contributed by atoms with E-state index in [-0.39, 0.29) is 53.0 Å². The van der Waals surface area contributed by atoms with Crippen molar-refractivity contribution in [1.29, 1.82) is 5.26 Å². The Balaban J connectivity index is 1.30. The Labute approximate surface area is 291 Å². The minimum Gasteiger partial charge on any atom is -0.337 e. The number of pyridine rings is 1. The van der Waals surface area contributed by atoms with Gasteiger partial charge in [0.2, 0.25) is 5.91 Å². The molecule has 0 unspecified atom stereocenters. The van der Waals surface area contributed by atoms with Crippen molar-refractivity contribution in [3.05, 3.63) is 81.4 Å². The lowest BCUT2D eigenvalue weighted by Crippen LogP contribution is -2.41. The van der Waals surface area contributed by atoms with Crippen molar-refractivity contribution in [3.8, 4) is 17.2 Å². The number of fused-ring (bicyclic) bond motifs is 4. The highest BCUT2D eigenvalue weighted by atomic mass is 35.5. The zero-order valence-corrected chi connectivity index (χ0v) is 28.3. The number of hydrogen-bond donors (Lipinski definition) is 1. The van der Waals surface area contributed by atoms with Crippen LogP contribution in [-0.4, -0.2) is 49.3 Å². The first kappa shape index (κ1) is 31.0. The predicted molar refractivity (Wildman–Crippen MR) is 183 cm³/mol. The average molecular weight is 701 g/mol. The third-order valence-corrected chi connectivity index (χ3v) is 12.0. The van der Waals surface area contributed by atoms with Gasteiger partial charge in [0.25, 0.3) is 0 Å². The van der Waals surface area contributed by atoms with Crippen molar-refractivity contribution in [2.45, 2.75) is 69.6 Å². The average Bonchev–Trinajstić information content (AvgIpc) is 3.54. The van der Waals surface area contributed by atoms with Crippen LogP contribution in [0.5, 0.6) is 0 Å². The molecule has 12 heteroatoms. The Bertz CT molecular complexity index is 2220. The molecule has 8 nitrogen and oxygen atoms in total. The summed E-state index contributed by atoms with van der Waals surface area (Å²) in [6.45, 7) is 3.23. The van der Waals surface area contributed by atoms with E-state index in [0.717, 1.165) is 42.4 Å². The summed E-state index contributed by atoms with van der Waals surface area (Å²) in [5, 5.41) is 19.6. The molecule has 6 heterocycles. The fraction of sp³-hybridized carbons (Fsp3) is 0.405. The van der Waals surface area contributed by atoms with E-state index in [9.17, 15) is 14.4 Å². The highest BCUT2D eigenvalue weighted by Crippen LogP contribution is 2.52. The maximum absolute atomic E-state index is 17.1. The quantitative estimate of drug-likeness (QED) is 0.187. The monoisotopic (exact) mass is 699 g/mol. The molecule has 3 aromatic heterocycles. The minimum atomic E-state index is -0.504. The van der Waals surface area contributed by atoms with E-state index in [1.807, 2.05) is 17.9 Å². The summed E-state index contributed by atoms with van der Waals surface area (Å²) in [4.78, 5) is 20.7. The number of carbonyl (C=O) groups is 1. The summed E-state index contributed by atoms with van der Waals surface area (Å²) in [5.74, 6) is -0.390. The molecule has 2 bridgehead atoms. The molecule has 5 aromatic rings. The SMILES string of the molecule is Cc1nc2c(F)c(-c3cccc(Cl)c3Cl)c(CCC#N)cc2c2c1cc([C@H]1C[C@H](n3cc(F)cn3)CN1C(=O)C1CC1)n2[C@H]1[C@H]2CN[C@@H]1C2. The van der Waals surface area contributed by atoms with Gasteiger partial charge in [-0.2, -0.15) is 10.4 Å². The number of nitriles is 1.